The largest absolute Gasteiger partial charge is 0.455 e. The first-order valence-corrected chi connectivity index (χ1v) is 8.57. The monoisotopic (exact) mass is 437 g/mol. The summed E-state index contributed by atoms with van der Waals surface area (Å²) in [4.78, 5) is 15.9. The number of hydrogen-bond acceptors (Lipinski definition) is 4. The van der Waals surface area contributed by atoms with Crippen molar-refractivity contribution >= 4 is 51.3 Å². The van der Waals surface area contributed by atoms with Gasteiger partial charge in [-0.05, 0) is 46.3 Å². The number of nitrogens with zero attached hydrogens (tertiary/aromatic N) is 2. The maximum atomic E-state index is 11.9. The molecule has 8 heteroatoms. The van der Waals surface area contributed by atoms with Crippen LogP contribution < -0.4 is 5.43 Å². The van der Waals surface area contributed by atoms with E-state index in [2.05, 4.69) is 31.4 Å². The maximum Gasteiger partial charge on any atom is 0.272 e. The summed E-state index contributed by atoms with van der Waals surface area (Å²) in [6.45, 7) is 0. The standard InChI is InChI=1S/C17H10BrCl2N3O2/c18-11-6-10(7-21-8-11)17(24)23-22-9-12-4-5-15(25-12)13-2-1-3-14(19)16(13)20/h1-9H,(H,23,24)/b22-9-. The SMILES string of the molecule is O=C(N/N=C\c1ccc(-c2cccc(Cl)c2Cl)o1)c1cncc(Br)c1. The van der Waals surface area contributed by atoms with E-state index < -0.39 is 0 Å². The number of rotatable bonds is 4. The third kappa shape index (κ3) is 4.28. The minimum Gasteiger partial charge on any atom is -0.455 e. The molecule has 0 fully saturated rings. The Morgan fingerprint density at radius 2 is 2.08 bits per heavy atom. The van der Waals surface area contributed by atoms with Crippen molar-refractivity contribution in [2.24, 2.45) is 5.10 Å². The normalized spacial score (nSPS) is 11.0. The van der Waals surface area contributed by atoms with Crippen molar-refractivity contribution in [3.05, 3.63) is 74.6 Å². The van der Waals surface area contributed by atoms with Crippen molar-refractivity contribution in [2.45, 2.75) is 0 Å². The molecule has 0 bridgehead atoms. The zero-order chi connectivity index (χ0) is 17.8. The Morgan fingerprint density at radius 3 is 2.88 bits per heavy atom. The number of nitrogens with one attached hydrogen (secondary N) is 1. The van der Waals surface area contributed by atoms with Crippen molar-refractivity contribution in [1.29, 1.82) is 0 Å². The minimum atomic E-state index is -0.380. The van der Waals surface area contributed by atoms with E-state index in [9.17, 15) is 4.79 Å². The van der Waals surface area contributed by atoms with Gasteiger partial charge in [-0.3, -0.25) is 9.78 Å². The number of hydrogen-bond donors (Lipinski definition) is 1. The zero-order valence-electron chi connectivity index (χ0n) is 12.5. The van der Waals surface area contributed by atoms with Gasteiger partial charge >= 0.3 is 0 Å². The second kappa shape index (κ2) is 7.82. The number of pyridine rings is 1. The second-order valence-electron chi connectivity index (χ2n) is 4.89. The summed E-state index contributed by atoms with van der Waals surface area (Å²) in [5.74, 6) is 0.630. The van der Waals surface area contributed by atoms with Crippen molar-refractivity contribution in [3.8, 4) is 11.3 Å². The summed E-state index contributed by atoms with van der Waals surface area (Å²) >= 11 is 15.4. The van der Waals surface area contributed by atoms with Crippen LogP contribution in [0.4, 0.5) is 0 Å². The van der Waals surface area contributed by atoms with Crippen molar-refractivity contribution in [3.63, 3.8) is 0 Å². The lowest BCUT2D eigenvalue weighted by Gasteiger charge is -2.02. The molecule has 126 valence electrons. The Labute approximate surface area is 161 Å². The van der Waals surface area contributed by atoms with Crippen LogP contribution in [0.15, 0.2) is 62.8 Å². The Hall–Kier alpha value is -2.15. The average Bonchev–Trinajstić information content (AvgIpc) is 3.06. The van der Waals surface area contributed by atoms with E-state index in [1.165, 1.54) is 12.4 Å². The van der Waals surface area contributed by atoms with Crippen LogP contribution in [-0.4, -0.2) is 17.1 Å². The fourth-order valence-electron chi connectivity index (χ4n) is 2.02. The quantitative estimate of drug-likeness (QED) is 0.451. The topological polar surface area (TPSA) is 67.5 Å². The van der Waals surface area contributed by atoms with Gasteiger partial charge in [0.15, 0.2) is 0 Å². The molecule has 1 amide bonds. The van der Waals surface area contributed by atoms with E-state index in [1.807, 2.05) is 0 Å². The van der Waals surface area contributed by atoms with Crippen molar-refractivity contribution in [1.82, 2.24) is 10.4 Å². The van der Waals surface area contributed by atoms with Crippen LogP contribution in [0.25, 0.3) is 11.3 Å². The predicted octanol–water partition coefficient (Wildman–Crippen LogP) is 5.17. The molecule has 0 aliphatic heterocycles. The van der Waals surface area contributed by atoms with Crippen LogP contribution >= 0.6 is 39.1 Å². The Kier molecular flexibility index (Phi) is 5.53. The molecule has 0 radical (unpaired) electrons. The Balaban J connectivity index is 1.70. The number of benzene rings is 1. The number of carbonyl (C=O) groups excluding carboxylic acids is 1. The molecule has 1 aromatic carbocycles. The summed E-state index contributed by atoms with van der Waals surface area (Å²) in [5, 5.41) is 4.73. The highest BCUT2D eigenvalue weighted by Gasteiger charge is 2.10. The van der Waals surface area contributed by atoms with E-state index in [1.54, 1.807) is 42.6 Å². The lowest BCUT2D eigenvalue weighted by atomic mass is 10.2. The minimum absolute atomic E-state index is 0.380. The molecule has 0 aliphatic rings. The number of halogens is 3. The van der Waals surface area contributed by atoms with E-state index in [0.29, 0.717) is 37.2 Å². The summed E-state index contributed by atoms with van der Waals surface area (Å²) in [6.07, 6.45) is 4.43. The number of furan rings is 1. The molecule has 0 saturated heterocycles. The lowest BCUT2D eigenvalue weighted by Crippen LogP contribution is -2.17. The van der Waals surface area contributed by atoms with E-state index in [0.717, 1.165) is 0 Å². The first-order valence-electron chi connectivity index (χ1n) is 7.03. The molecule has 2 aromatic heterocycles. The number of hydrazone groups is 1. The highest BCUT2D eigenvalue weighted by atomic mass is 79.9. The van der Waals surface area contributed by atoms with Gasteiger partial charge in [-0.25, -0.2) is 5.43 Å². The van der Waals surface area contributed by atoms with Gasteiger partial charge in [0.2, 0.25) is 0 Å². The molecule has 0 atom stereocenters. The lowest BCUT2D eigenvalue weighted by molar-refractivity contribution is 0.0954. The number of carbonyl (C=O) groups is 1. The average molecular weight is 439 g/mol. The highest BCUT2D eigenvalue weighted by molar-refractivity contribution is 9.10. The molecule has 0 spiro atoms. The van der Waals surface area contributed by atoms with Gasteiger partial charge in [0.05, 0.1) is 21.8 Å². The van der Waals surface area contributed by atoms with Crippen molar-refractivity contribution < 1.29 is 9.21 Å². The van der Waals surface area contributed by atoms with Crippen molar-refractivity contribution in [2.75, 3.05) is 0 Å². The molecule has 3 aromatic rings. The predicted molar refractivity (Wildman–Crippen MR) is 101 cm³/mol. The molecule has 0 aliphatic carbocycles. The van der Waals surface area contributed by atoms with Gasteiger partial charge in [0, 0.05) is 22.4 Å². The Morgan fingerprint density at radius 1 is 1.24 bits per heavy atom. The van der Waals surface area contributed by atoms with Crippen LogP contribution in [0.5, 0.6) is 0 Å². The van der Waals surface area contributed by atoms with Gasteiger partial charge in [0.25, 0.3) is 5.91 Å². The van der Waals surface area contributed by atoms with Gasteiger partial charge in [-0.1, -0.05) is 29.3 Å². The summed E-state index contributed by atoms with van der Waals surface area (Å²) in [7, 11) is 0. The van der Waals surface area contributed by atoms with E-state index in [-0.39, 0.29) is 5.91 Å². The molecule has 2 heterocycles. The van der Waals surface area contributed by atoms with Crippen LogP contribution in [0.2, 0.25) is 10.0 Å². The highest BCUT2D eigenvalue weighted by Crippen LogP contribution is 2.34. The van der Waals surface area contributed by atoms with Crippen LogP contribution in [0.1, 0.15) is 16.1 Å². The fraction of sp³-hybridized carbons (Fsp3) is 0. The molecular formula is C17H10BrCl2N3O2. The van der Waals surface area contributed by atoms with Crippen LogP contribution in [0.3, 0.4) is 0 Å². The van der Waals surface area contributed by atoms with Gasteiger partial charge in [-0.2, -0.15) is 5.10 Å². The first-order chi connectivity index (χ1) is 12.0. The smallest absolute Gasteiger partial charge is 0.272 e. The molecule has 0 saturated carbocycles. The molecule has 5 nitrogen and oxygen atoms in total. The number of amides is 1. The Bertz CT molecular complexity index is 957. The van der Waals surface area contributed by atoms with Gasteiger partial charge in [-0.15, -0.1) is 0 Å². The van der Waals surface area contributed by atoms with Gasteiger partial charge in [0.1, 0.15) is 11.5 Å². The van der Waals surface area contributed by atoms with E-state index >= 15 is 0 Å². The molecule has 0 unspecified atom stereocenters. The van der Waals surface area contributed by atoms with E-state index in [4.69, 9.17) is 27.6 Å². The van der Waals surface area contributed by atoms with Gasteiger partial charge < -0.3 is 4.42 Å². The first kappa shape index (κ1) is 17.7. The molecule has 3 rings (SSSR count). The summed E-state index contributed by atoms with van der Waals surface area (Å²) < 4.78 is 6.36. The molecule has 1 N–H and O–H groups in total. The third-order valence-corrected chi connectivity index (χ3v) is 4.42. The maximum absolute atomic E-state index is 11.9. The third-order valence-electron chi connectivity index (χ3n) is 3.17. The zero-order valence-corrected chi connectivity index (χ0v) is 15.6. The summed E-state index contributed by atoms with van der Waals surface area (Å²) in [6, 6.07) is 10.4. The molecular weight excluding hydrogens is 429 g/mol. The molecule has 25 heavy (non-hydrogen) atoms. The second-order valence-corrected chi connectivity index (χ2v) is 6.60. The number of aromatic nitrogens is 1. The van der Waals surface area contributed by atoms with Crippen LogP contribution in [-0.2, 0) is 0 Å². The van der Waals surface area contributed by atoms with Crippen LogP contribution in [0, 0.1) is 0 Å². The summed E-state index contributed by atoms with van der Waals surface area (Å²) in [5.41, 5.74) is 3.47. The fourth-order valence-corrected chi connectivity index (χ4v) is 2.77.